The minimum absolute atomic E-state index is 0.0791. The number of hydrogen-bond acceptors (Lipinski definition) is 8. The van der Waals surface area contributed by atoms with Crippen LogP contribution in [0.25, 0.3) is 11.0 Å². The van der Waals surface area contributed by atoms with Gasteiger partial charge in [-0.2, -0.15) is 0 Å². The van der Waals surface area contributed by atoms with Crippen molar-refractivity contribution in [2.45, 2.75) is 13.0 Å². The number of ether oxygens (including phenoxy) is 1. The molecule has 0 bridgehead atoms. The molecule has 2 heterocycles. The van der Waals surface area contributed by atoms with Crippen LogP contribution in [0.1, 0.15) is 11.1 Å². The Morgan fingerprint density at radius 2 is 1.59 bits per heavy atom. The molecule has 0 spiro atoms. The number of nitrogens with zero attached hydrogens (tertiary/aromatic N) is 5. The molecular formula is C25H25N5O4. The lowest BCUT2D eigenvalue weighted by atomic mass is 10.1. The van der Waals surface area contributed by atoms with Gasteiger partial charge in [-0.1, -0.05) is 60.7 Å². The second-order valence-electron chi connectivity index (χ2n) is 8.22. The van der Waals surface area contributed by atoms with Crippen molar-refractivity contribution in [1.29, 1.82) is 0 Å². The summed E-state index contributed by atoms with van der Waals surface area (Å²) in [5.74, 6) is 0. The molecule has 1 aliphatic rings. The third-order valence-corrected chi connectivity index (χ3v) is 6.08. The maximum absolute atomic E-state index is 12.1. The summed E-state index contributed by atoms with van der Waals surface area (Å²) in [6.07, 6.45) is 0.810. The number of fused-ring (bicyclic) bond motifs is 1. The fourth-order valence-corrected chi connectivity index (χ4v) is 4.36. The van der Waals surface area contributed by atoms with E-state index in [4.69, 9.17) is 9.37 Å². The third-order valence-electron chi connectivity index (χ3n) is 6.08. The summed E-state index contributed by atoms with van der Waals surface area (Å²) in [5.41, 5.74) is 4.11. The average Bonchev–Trinajstić information content (AvgIpc) is 3.37. The highest BCUT2D eigenvalue weighted by molar-refractivity contribution is 6.00. The van der Waals surface area contributed by atoms with E-state index in [1.165, 1.54) is 5.56 Å². The van der Waals surface area contributed by atoms with Crippen LogP contribution < -0.4 is 9.80 Å². The molecule has 3 aromatic carbocycles. The van der Waals surface area contributed by atoms with Gasteiger partial charge >= 0.3 is 5.69 Å². The van der Waals surface area contributed by atoms with Crippen LogP contribution in [-0.4, -0.2) is 48.1 Å². The molecule has 34 heavy (non-hydrogen) atoms. The Morgan fingerprint density at radius 3 is 2.26 bits per heavy atom. The number of nitro groups is 1. The number of morpholine rings is 1. The topological polar surface area (TPSA) is 97.8 Å². The summed E-state index contributed by atoms with van der Waals surface area (Å²) in [7, 11) is 0. The van der Waals surface area contributed by atoms with Crippen molar-refractivity contribution in [3.05, 3.63) is 88.0 Å². The van der Waals surface area contributed by atoms with E-state index < -0.39 is 4.92 Å². The molecule has 1 aromatic heterocycles. The summed E-state index contributed by atoms with van der Waals surface area (Å²) in [6, 6.07) is 22.3. The SMILES string of the molecule is O=[N+]([O-])c1c(N2CCOCC2)cc(N(CCc2ccccc2)Cc2ccccc2)c2nonc12. The zero-order valence-electron chi connectivity index (χ0n) is 18.7. The van der Waals surface area contributed by atoms with E-state index in [1.54, 1.807) is 0 Å². The normalized spacial score (nSPS) is 13.8. The third kappa shape index (κ3) is 4.55. The quantitative estimate of drug-likeness (QED) is 0.285. The summed E-state index contributed by atoms with van der Waals surface area (Å²) in [4.78, 5) is 15.9. The molecule has 0 radical (unpaired) electrons. The Labute approximate surface area is 196 Å². The fourth-order valence-electron chi connectivity index (χ4n) is 4.36. The molecule has 1 fully saturated rings. The number of hydrogen-bond donors (Lipinski definition) is 0. The van der Waals surface area contributed by atoms with Crippen LogP contribution in [0.15, 0.2) is 71.4 Å². The first-order valence-corrected chi connectivity index (χ1v) is 11.3. The summed E-state index contributed by atoms with van der Waals surface area (Å²) in [6.45, 7) is 3.49. The maximum Gasteiger partial charge on any atom is 0.323 e. The molecule has 0 N–H and O–H groups in total. The first kappa shape index (κ1) is 21.8. The van der Waals surface area contributed by atoms with Gasteiger partial charge in [0, 0.05) is 26.2 Å². The van der Waals surface area contributed by atoms with E-state index in [1.807, 2.05) is 47.4 Å². The highest BCUT2D eigenvalue weighted by Crippen LogP contribution is 2.41. The monoisotopic (exact) mass is 459 g/mol. The first-order chi connectivity index (χ1) is 16.7. The summed E-state index contributed by atoms with van der Waals surface area (Å²) < 4.78 is 10.5. The van der Waals surface area contributed by atoms with Crippen LogP contribution in [-0.2, 0) is 17.7 Å². The van der Waals surface area contributed by atoms with Crippen molar-refractivity contribution in [3.8, 4) is 0 Å². The Hall–Kier alpha value is -3.98. The lowest BCUT2D eigenvalue weighted by Gasteiger charge is -2.30. The lowest BCUT2D eigenvalue weighted by molar-refractivity contribution is -0.382. The Balaban J connectivity index is 1.60. The Bertz CT molecular complexity index is 1260. The minimum atomic E-state index is -0.396. The van der Waals surface area contributed by atoms with Crippen molar-refractivity contribution >= 4 is 28.1 Å². The van der Waals surface area contributed by atoms with Crippen molar-refractivity contribution < 1.29 is 14.3 Å². The predicted octanol–water partition coefficient (Wildman–Crippen LogP) is 4.22. The van der Waals surface area contributed by atoms with Gasteiger partial charge in [0.2, 0.25) is 5.52 Å². The molecule has 0 amide bonds. The second kappa shape index (κ2) is 9.88. The Kier molecular flexibility index (Phi) is 6.35. The van der Waals surface area contributed by atoms with E-state index in [0.717, 1.165) is 17.7 Å². The molecule has 0 saturated carbocycles. The Morgan fingerprint density at radius 1 is 0.941 bits per heavy atom. The molecule has 9 heteroatoms. The van der Waals surface area contributed by atoms with Crippen molar-refractivity contribution in [2.24, 2.45) is 0 Å². The van der Waals surface area contributed by atoms with E-state index in [9.17, 15) is 10.1 Å². The van der Waals surface area contributed by atoms with Crippen molar-refractivity contribution in [3.63, 3.8) is 0 Å². The lowest BCUT2D eigenvalue weighted by Crippen LogP contribution is -2.37. The number of nitro benzene ring substituents is 1. The standard InChI is InChI=1S/C25H25N5O4/c31-30(32)25-22(28-13-15-33-16-14-28)17-21(23-24(25)27-34-26-23)29(18-20-9-5-2-6-10-20)12-11-19-7-3-1-4-8-19/h1-10,17H,11-16,18H2. The van der Waals surface area contributed by atoms with E-state index >= 15 is 0 Å². The van der Waals surface area contributed by atoms with Gasteiger partial charge in [0.15, 0.2) is 5.52 Å². The van der Waals surface area contributed by atoms with Gasteiger partial charge in [-0.05, 0) is 33.9 Å². The van der Waals surface area contributed by atoms with Gasteiger partial charge in [-0.25, -0.2) is 4.63 Å². The minimum Gasteiger partial charge on any atom is -0.378 e. The van der Waals surface area contributed by atoms with Gasteiger partial charge < -0.3 is 14.5 Å². The van der Waals surface area contributed by atoms with Gasteiger partial charge in [-0.3, -0.25) is 10.1 Å². The molecule has 1 saturated heterocycles. The smallest absolute Gasteiger partial charge is 0.323 e. The zero-order chi connectivity index (χ0) is 23.3. The molecule has 0 atom stereocenters. The molecule has 0 aliphatic carbocycles. The molecular weight excluding hydrogens is 434 g/mol. The number of anilines is 2. The maximum atomic E-state index is 12.1. The predicted molar refractivity (Wildman–Crippen MR) is 129 cm³/mol. The number of benzene rings is 3. The molecule has 0 unspecified atom stereocenters. The highest BCUT2D eigenvalue weighted by Gasteiger charge is 2.31. The number of aromatic nitrogens is 2. The van der Waals surface area contributed by atoms with Crippen LogP contribution in [0.5, 0.6) is 0 Å². The molecule has 4 aromatic rings. The van der Waals surface area contributed by atoms with Gasteiger partial charge in [0.1, 0.15) is 5.69 Å². The van der Waals surface area contributed by atoms with E-state index in [0.29, 0.717) is 50.6 Å². The van der Waals surface area contributed by atoms with Gasteiger partial charge in [0.25, 0.3) is 0 Å². The second-order valence-corrected chi connectivity index (χ2v) is 8.22. The van der Waals surface area contributed by atoms with Crippen LogP contribution in [0.3, 0.4) is 0 Å². The molecule has 1 aliphatic heterocycles. The average molecular weight is 460 g/mol. The molecule has 9 nitrogen and oxygen atoms in total. The van der Waals surface area contributed by atoms with Crippen LogP contribution >= 0.6 is 0 Å². The fraction of sp³-hybridized carbons (Fsp3) is 0.280. The van der Waals surface area contributed by atoms with Gasteiger partial charge in [0.05, 0.1) is 23.8 Å². The largest absolute Gasteiger partial charge is 0.378 e. The number of rotatable bonds is 8. The first-order valence-electron chi connectivity index (χ1n) is 11.3. The highest BCUT2D eigenvalue weighted by atomic mass is 16.6. The molecule has 5 rings (SSSR count). The van der Waals surface area contributed by atoms with Gasteiger partial charge in [-0.15, -0.1) is 0 Å². The van der Waals surface area contributed by atoms with Crippen molar-refractivity contribution in [2.75, 3.05) is 42.6 Å². The van der Waals surface area contributed by atoms with E-state index in [2.05, 4.69) is 39.5 Å². The summed E-state index contributed by atoms with van der Waals surface area (Å²) in [5, 5.41) is 20.1. The molecule has 174 valence electrons. The zero-order valence-corrected chi connectivity index (χ0v) is 18.7. The van der Waals surface area contributed by atoms with Crippen LogP contribution in [0.4, 0.5) is 17.1 Å². The van der Waals surface area contributed by atoms with E-state index in [-0.39, 0.29) is 11.2 Å². The summed E-state index contributed by atoms with van der Waals surface area (Å²) >= 11 is 0. The van der Waals surface area contributed by atoms with Crippen molar-refractivity contribution in [1.82, 2.24) is 10.3 Å². The van der Waals surface area contributed by atoms with Crippen LogP contribution in [0.2, 0.25) is 0 Å². The van der Waals surface area contributed by atoms with Crippen LogP contribution in [0, 0.1) is 10.1 Å².